The second-order valence-electron chi connectivity index (χ2n) is 3.76. The Morgan fingerprint density at radius 2 is 2.23 bits per heavy atom. The third kappa shape index (κ3) is 1.34. The van der Waals surface area contributed by atoms with Crippen molar-refractivity contribution >= 4 is 0 Å². The molecule has 0 saturated carbocycles. The van der Waals surface area contributed by atoms with Crippen molar-refractivity contribution in [3.8, 4) is 0 Å². The molecule has 2 rings (SSSR count). The second-order valence-corrected chi connectivity index (χ2v) is 3.76. The highest BCUT2D eigenvalue weighted by atomic mass is 15.3. The summed E-state index contributed by atoms with van der Waals surface area (Å²) in [7, 11) is 0. The highest BCUT2D eigenvalue weighted by molar-refractivity contribution is 5.07. The number of allylic oxidation sites excluding steroid dienone is 1. The van der Waals surface area contributed by atoms with E-state index in [2.05, 4.69) is 34.9 Å². The van der Waals surface area contributed by atoms with Crippen molar-refractivity contribution in [1.82, 2.24) is 14.5 Å². The average Bonchev–Trinajstić information content (AvgIpc) is 2.48. The molecule has 0 aliphatic carbocycles. The van der Waals surface area contributed by atoms with E-state index in [0.29, 0.717) is 6.04 Å². The van der Waals surface area contributed by atoms with Crippen molar-refractivity contribution in [3.05, 3.63) is 30.5 Å². The summed E-state index contributed by atoms with van der Waals surface area (Å²) >= 11 is 0. The predicted molar refractivity (Wildman–Crippen MR) is 52.0 cm³/mol. The maximum atomic E-state index is 4.30. The Kier molecular flexibility index (Phi) is 1.87. The molecule has 3 nitrogen and oxygen atoms in total. The van der Waals surface area contributed by atoms with Gasteiger partial charge < -0.3 is 9.47 Å². The minimum atomic E-state index is 0.512. The van der Waals surface area contributed by atoms with Crippen LogP contribution in [0, 0.1) is 0 Å². The van der Waals surface area contributed by atoms with Crippen molar-refractivity contribution < 1.29 is 0 Å². The molecule has 0 unspecified atom stereocenters. The van der Waals surface area contributed by atoms with Crippen LogP contribution in [0.15, 0.2) is 24.7 Å². The zero-order valence-corrected chi connectivity index (χ0v) is 8.20. The van der Waals surface area contributed by atoms with Crippen LogP contribution >= 0.6 is 0 Å². The molecule has 1 aliphatic rings. The van der Waals surface area contributed by atoms with Gasteiger partial charge in [-0.15, -0.1) is 0 Å². The van der Waals surface area contributed by atoms with Gasteiger partial charge in [-0.3, -0.25) is 0 Å². The molecule has 70 valence electrons. The first kappa shape index (κ1) is 8.35. The van der Waals surface area contributed by atoms with E-state index in [9.17, 15) is 0 Å². The Labute approximate surface area is 78.7 Å². The molecule has 0 amide bonds. The Bertz CT molecular complexity index is 325. The Balaban J connectivity index is 2.27. The molecule has 2 heterocycles. The molecule has 0 N–H and O–H groups in total. The van der Waals surface area contributed by atoms with Crippen molar-refractivity contribution in [2.24, 2.45) is 0 Å². The summed E-state index contributed by atoms with van der Waals surface area (Å²) in [5.41, 5.74) is 1.18. The smallest absolute Gasteiger partial charge is 0.128 e. The zero-order valence-electron chi connectivity index (χ0n) is 8.20. The third-order valence-electron chi connectivity index (χ3n) is 2.50. The van der Waals surface area contributed by atoms with E-state index in [1.165, 1.54) is 5.70 Å². The molecule has 0 bridgehead atoms. The van der Waals surface area contributed by atoms with Gasteiger partial charge in [0.2, 0.25) is 0 Å². The molecule has 0 radical (unpaired) electrons. The van der Waals surface area contributed by atoms with E-state index >= 15 is 0 Å². The molecule has 0 atom stereocenters. The summed E-state index contributed by atoms with van der Waals surface area (Å²) in [6, 6.07) is 0.512. The average molecular weight is 177 g/mol. The summed E-state index contributed by atoms with van der Waals surface area (Å²) in [5, 5.41) is 0. The second kappa shape index (κ2) is 2.91. The van der Waals surface area contributed by atoms with Gasteiger partial charge in [-0.25, -0.2) is 4.98 Å². The maximum absolute atomic E-state index is 4.30. The van der Waals surface area contributed by atoms with Crippen LogP contribution in [0.25, 0.3) is 0 Å². The normalized spacial score (nSPS) is 16.5. The Hall–Kier alpha value is -1.25. The van der Waals surface area contributed by atoms with E-state index in [1.807, 2.05) is 12.4 Å². The molecule has 1 aromatic rings. The highest BCUT2D eigenvalue weighted by Gasteiger charge is 2.20. The maximum Gasteiger partial charge on any atom is 0.128 e. The Morgan fingerprint density at radius 3 is 2.92 bits per heavy atom. The number of imidazole rings is 1. The van der Waals surface area contributed by atoms with Gasteiger partial charge in [-0.1, -0.05) is 6.58 Å². The molecule has 0 fully saturated rings. The van der Waals surface area contributed by atoms with Gasteiger partial charge in [-0.2, -0.15) is 0 Å². The summed E-state index contributed by atoms with van der Waals surface area (Å²) < 4.78 is 2.15. The van der Waals surface area contributed by atoms with Crippen LogP contribution in [0.5, 0.6) is 0 Å². The molecule has 0 aromatic carbocycles. The fourth-order valence-corrected chi connectivity index (χ4v) is 1.73. The standard InChI is InChI=1S/C10H15N3/c1-8(2)13-7-10-11-4-5-12(10)6-9(13)3/h4-5,8H,3,6-7H2,1-2H3. The van der Waals surface area contributed by atoms with Crippen LogP contribution in [0.3, 0.4) is 0 Å². The lowest BCUT2D eigenvalue weighted by molar-refractivity contribution is 0.231. The third-order valence-corrected chi connectivity index (χ3v) is 2.50. The lowest BCUT2D eigenvalue weighted by Gasteiger charge is -2.34. The van der Waals surface area contributed by atoms with Gasteiger partial charge in [0.1, 0.15) is 5.82 Å². The molecule has 1 aromatic heterocycles. The quantitative estimate of drug-likeness (QED) is 0.650. The fourth-order valence-electron chi connectivity index (χ4n) is 1.73. The molecule has 1 aliphatic heterocycles. The first-order valence-electron chi connectivity index (χ1n) is 4.63. The number of fused-ring (bicyclic) bond motifs is 1. The summed E-state index contributed by atoms with van der Waals surface area (Å²) in [4.78, 5) is 6.60. The van der Waals surface area contributed by atoms with Crippen LogP contribution in [0.4, 0.5) is 0 Å². The monoisotopic (exact) mass is 177 g/mol. The van der Waals surface area contributed by atoms with Crippen LogP contribution in [-0.4, -0.2) is 20.5 Å². The van der Waals surface area contributed by atoms with Gasteiger partial charge >= 0.3 is 0 Å². The van der Waals surface area contributed by atoms with Crippen molar-refractivity contribution in [3.63, 3.8) is 0 Å². The van der Waals surface area contributed by atoms with E-state index in [1.54, 1.807) is 0 Å². The largest absolute Gasteiger partial charge is 0.364 e. The first-order valence-corrected chi connectivity index (χ1v) is 4.63. The summed E-state index contributed by atoms with van der Waals surface area (Å²) in [6.45, 7) is 10.2. The molecular formula is C10H15N3. The molecule has 3 heteroatoms. The number of rotatable bonds is 1. The number of hydrogen-bond donors (Lipinski definition) is 0. The predicted octanol–water partition coefficient (Wildman–Crippen LogP) is 1.62. The molecule has 13 heavy (non-hydrogen) atoms. The van der Waals surface area contributed by atoms with Crippen LogP contribution in [0.2, 0.25) is 0 Å². The minimum Gasteiger partial charge on any atom is -0.364 e. The highest BCUT2D eigenvalue weighted by Crippen LogP contribution is 2.19. The molecular weight excluding hydrogens is 162 g/mol. The summed E-state index contributed by atoms with van der Waals surface area (Å²) in [6.07, 6.45) is 3.87. The van der Waals surface area contributed by atoms with Gasteiger partial charge in [0.15, 0.2) is 0 Å². The van der Waals surface area contributed by atoms with E-state index in [-0.39, 0.29) is 0 Å². The lowest BCUT2D eigenvalue weighted by Crippen LogP contribution is -2.36. The van der Waals surface area contributed by atoms with Gasteiger partial charge in [-0.05, 0) is 13.8 Å². The van der Waals surface area contributed by atoms with Crippen molar-refractivity contribution in [2.75, 3.05) is 0 Å². The zero-order chi connectivity index (χ0) is 9.42. The number of nitrogens with zero attached hydrogens (tertiary/aromatic N) is 3. The number of aromatic nitrogens is 2. The summed E-state index contributed by atoms with van der Waals surface area (Å²) in [5.74, 6) is 1.14. The van der Waals surface area contributed by atoms with Gasteiger partial charge in [0, 0.05) is 24.1 Å². The molecule has 0 spiro atoms. The SMILES string of the molecule is C=C1Cn2ccnc2CN1C(C)C. The number of hydrogen-bond acceptors (Lipinski definition) is 2. The van der Waals surface area contributed by atoms with Crippen LogP contribution in [0.1, 0.15) is 19.7 Å². The van der Waals surface area contributed by atoms with E-state index in [0.717, 1.165) is 18.9 Å². The fraction of sp³-hybridized carbons (Fsp3) is 0.500. The van der Waals surface area contributed by atoms with Gasteiger partial charge in [0.25, 0.3) is 0 Å². The van der Waals surface area contributed by atoms with Gasteiger partial charge in [0.05, 0.1) is 13.1 Å². The minimum absolute atomic E-state index is 0.512. The van der Waals surface area contributed by atoms with Crippen molar-refractivity contribution in [2.45, 2.75) is 33.0 Å². The van der Waals surface area contributed by atoms with E-state index < -0.39 is 0 Å². The lowest BCUT2D eigenvalue weighted by atomic mass is 10.2. The topological polar surface area (TPSA) is 21.1 Å². The van der Waals surface area contributed by atoms with Crippen LogP contribution in [-0.2, 0) is 13.1 Å². The molecule has 0 saturated heterocycles. The van der Waals surface area contributed by atoms with Crippen molar-refractivity contribution in [1.29, 1.82) is 0 Å². The van der Waals surface area contributed by atoms with Crippen LogP contribution < -0.4 is 0 Å². The first-order chi connectivity index (χ1) is 6.18. The Morgan fingerprint density at radius 1 is 1.46 bits per heavy atom. The van der Waals surface area contributed by atoms with E-state index in [4.69, 9.17) is 0 Å².